The molecule has 1 N–H and O–H groups in total. The molecule has 78 valence electrons. The van der Waals surface area contributed by atoms with E-state index in [0.29, 0.717) is 5.92 Å². The van der Waals surface area contributed by atoms with Gasteiger partial charge in [-0.1, -0.05) is 37.8 Å². The lowest BCUT2D eigenvalue weighted by atomic mass is 9.91. The van der Waals surface area contributed by atoms with Crippen molar-refractivity contribution < 1.29 is 0 Å². The van der Waals surface area contributed by atoms with Gasteiger partial charge in [-0.3, -0.25) is 0 Å². The van der Waals surface area contributed by atoms with E-state index in [4.69, 9.17) is 0 Å². The zero-order valence-corrected chi connectivity index (χ0v) is 8.74. The van der Waals surface area contributed by atoms with Crippen molar-refractivity contribution in [2.45, 2.75) is 51.4 Å². The summed E-state index contributed by atoms with van der Waals surface area (Å²) in [6, 6.07) is 0. The highest BCUT2D eigenvalue weighted by molar-refractivity contribution is 4.92. The topological polar surface area (TPSA) is 54.5 Å². The molecular weight excluding hydrogens is 176 g/mol. The lowest BCUT2D eigenvalue weighted by molar-refractivity contribution is 0.414. The molecule has 0 spiro atoms. The van der Waals surface area contributed by atoms with Gasteiger partial charge in [0.2, 0.25) is 0 Å². The number of aromatic amines is 1. The van der Waals surface area contributed by atoms with Crippen LogP contribution in [0.3, 0.4) is 0 Å². The fourth-order valence-corrected chi connectivity index (χ4v) is 2.41. The fourth-order valence-electron chi connectivity index (χ4n) is 2.41. The molecule has 1 aromatic heterocycles. The Morgan fingerprint density at radius 1 is 1.36 bits per heavy atom. The predicted octanol–water partition coefficient (Wildman–Crippen LogP) is 2.27. The molecule has 4 heteroatoms. The highest BCUT2D eigenvalue weighted by atomic mass is 15.5. The van der Waals surface area contributed by atoms with E-state index in [2.05, 4.69) is 27.5 Å². The molecule has 0 saturated heterocycles. The van der Waals surface area contributed by atoms with Gasteiger partial charge in [-0.2, -0.15) is 5.21 Å². The maximum Gasteiger partial charge on any atom is 0.177 e. The van der Waals surface area contributed by atoms with Gasteiger partial charge in [-0.05, 0) is 18.8 Å². The monoisotopic (exact) mass is 194 g/mol. The zero-order chi connectivity index (χ0) is 9.80. The number of aromatic nitrogens is 4. The Bertz CT molecular complexity index is 257. The normalized spacial score (nSPS) is 28.6. The Hall–Kier alpha value is -0.930. The van der Waals surface area contributed by atoms with E-state index in [1.54, 1.807) is 0 Å². The van der Waals surface area contributed by atoms with Gasteiger partial charge in [0.1, 0.15) is 0 Å². The molecule has 2 unspecified atom stereocenters. The third kappa shape index (κ3) is 2.11. The highest BCUT2D eigenvalue weighted by Crippen LogP contribution is 2.34. The summed E-state index contributed by atoms with van der Waals surface area (Å²) in [5.74, 6) is 2.33. The van der Waals surface area contributed by atoms with Crippen molar-refractivity contribution >= 4 is 0 Å². The van der Waals surface area contributed by atoms with Crippen LogP contribution >= 0.6 is 0 Å². The number of tetrazole rings is 1. The van der Waals surface area contributed by atoms with Crippen molar-refractivity contribution in [3.05, 3.63) is 5.82 Å². The molecule has 4 nitrogen and oxygen atoms in total. The first-order valence-electron chi connectivity index (χ1n) is 5.63. The smallest absolute Gasteiger partial charge is 0.177 e. The Labute approximate surface area is 84.5 Å². The second-order valence-electron chi connectivity index (χ2n) is 4.26. The molecule has 0 aliphatic heterocycles. The van der Waals surface area contributed by atoms with E-state index < -0.39 is 0 Å². The molecular formula is C10H18N4. The Balaban J connectivity index is 2.03. The second kappa shape index (κ2) is 4.53. The summed E-state index contributed by atoms with van der Waals surface area (Å²) in [6.45, 7) is 2.28. The molecule has 1 saturated carbocycles. The van der Waals surface area contributed by atoms with Crippen LogP contribution in [0.5, 0.6) is 0 Å². The van der Waals surface area contributed by atoms with E-state index in [1.165, 1.54) is 38.5 Å². The number of nitrogens with zero attached hydrogens (tertiary/aromatic N) is 3. The summed E-state index contributed by atoms with van der Waals surface area (Å²) in [5, 5.41) is 14.4. The maximum atomic E-state index is 4.10. The summed E-state index contributed by atoms with van der Waals surface area (Å²) >= 11 is 0. The maximum absolute atomic E-state index is 4.10. The molecule has 0 radical (unpaired) electrons. The van der Waals surface area contributed by atoms with Crippen LogP contribution in [0.15, 0.2) is 0 Å². The SMILES string of the molecule is CCC1CCCCC(c2nn[nH]n2)C1. The summed E-state index contributed by atoms with van der Waals surface area (Å²) in [4.78, 5) is 0. The first-order valence-corrected chi connectivity index (χ1v) is 5.63. The van der Waals surface area contributed by atoms with Crippen LogP contribution in [-0.4, -0.2) is 20.6 Å². The average Bonchev–Trinajstić information content (AvgIpc) is 2.63. The molecule has 0 aromatic carbocycles. The number of hydrogen-bond acceptors (Lipinski definition) is 3. The molecule has 1 heterocycles. The van der Waals surface area contributed by atoms with Crippen LogP contribution in [-0.2, 0) is 0 Å². The van der Waals surface area contributed by atoms with Gasteiger partial charge in [0.05, 0.1) is 0 Å². The van der Waals surface area contributed by atoms with E-state index >= 15 is 0 Å². The summed E-state index contributed by atoms with van der Waals surface area (Å²) in [6.07, 6.45) is 7.83. The number of hydrogen-bond donors (Lipinski definition) is 1. The Morgan fingerprint density at radius 2 is 2.21 bits per heavy atom. The van der Waals surface area contributed by atoms with E-state index in [0.717, 1.165) is 11.7 Å². The zero-order valence-electron chi connectivity index (χ0n) is 8.74. The first kappa shape index (κ1) is 9.62. The molecule has 1 aliphatic rings. The van der Waals surface area contributed by atoms with Gasteiger partial charge in [-0.25, -0.2) is 0 Å². The summed E-state index contributed by atoms with van der Waals surface area (Å²) in [5.41, 5.74) is 0. The Kier molecular flexibility index (Phi) is 3.11. The molecule has 2 atom stereocenters. The van der Waals surface area contributed by atoms with Crippen LogP contribution in [0, 0.1) is 5.92 Å². The van der Waals surface area contributed by atoms with Crippen LogP contribution in [0.2, 0.25) is 0 Å². The van der Waals surface area contributed by atoms with Gasteiger partial charge in [0, 0.05) is 5.92 Å². The van der Waals surface area contributed by atoms with Crippen LogP contribution in [0.1, 0.15) is 57.2 Å². The van der Waals surface area contributed by atoms with Crippen molar-refractivity contribution in [2.75, 3.05) is 0 Å². The number of rotatable bonds is 2. The second-order valence-corrected chi connectivity index (χ2v) is 4.26. The third-order valence-corrected chi connectivity index (χ3v) is 3.34. The summed E-state index contributed by atoms with van der Waals surface area (Å²) in [7, 11) is 0. The average molecular weight is 194 g/mol. The minimum atomic E-state index is 0.543. The largest absolute Gasteiger partial charge is 0.177 e. The van der Waals surface area contributed by atoms with E-state index in [1.807, 2.05) is 0 Å². The lowest BCUT2D eigenvalue weighted by Crippen LogP contribution is -2.06. The van der Waals surface area contributed by atoms with Crippen molar-refractivity contribution in [3.8, 4) is 0 Å². The van der Waals surface area contributed by atoms with Crippen LogP contribution < -0.4 is 0 Å². The quantitative estimate of drug-likeness (QED) is 0.735. The van der Waals surface area contributed by atoms with Gasteiger partial charge in [0.25, 0.3) is 0 Å². The van der Waals surface area contributed by atoms with Crippen molar-refractivity contribution in [1.29, 1.82) is 0 Å². The van der Waals surface area contributed by atoms with Gasteiger partial charge >= 0.3 is 0 Å². The van der Waals surface area contributed by atoms with Gasteiger partial charge in [0.15, 0.2) is 5.82 Å². The minimum absolute atomic E-state index is 0.543. The van der Waals surface area contributed by atoms with E-state index in [-0.39, 0.29) is 0 Å². The van der Waals surface area contributed by atoms with Gasteiger partial charge in [-0.15, -0.1) is 10.2 Å². The predicted molar refractivity (Wildman–Crippen MR) is 53.8 cm³/mol. The van der Waals surface area contributed by atoms with Crippen LogP contribution in [0.25, 0.3) is 0 Å². The summed E-state index contributed by atoms with van der Waals surface area (Å²) < 4.78 is 0. The molecule has 14 heavy (non-hydrogen) atoms. The van der Waals surface area contributed by atoms with Crippen LogP contribution in [0.4, 0.5) is 0 Å². The first-order chi connectivity index (χ1) is 6.90. The van der Waals surface area contributed by atoms with Crippen molar-refractivity contribution in [3.63, 3.8) is 0 Å². The molecule has 2 rings (SSSR count). The van der Waals surface area contributed by atoms with Crippen molar-refractivity contribution in [1.82, 2.24) is 20.6 Å². The molecule has 1 aliphatic carbocycles. The van der Waals surface area contributed by atoms with Crippen molar-refractivity contribution in [2.24, 2.45) is 5.92 Å². The van der Waals surface area contributed by atoms with Gasteiger partial charge < -0.3 is 0 Å². The highest BCUT2D eigenvalue weighted by Gasteiger charge is 2.23. The standard InChI is InChI=1S/C10H18N4/c1-2-8-5-3-4-6-9(7-8)10-11-13-14-12-10/h8-9H,2-7H2,1H3,(H,11,12,13,14). The van der Waals surface area contributed by atoms with E-state index in [9.17, 15) is 0 Å². The Morgan fingerprint density at radius 3 is 2.93 bits per heavy atom. The molecule has 0 amide bonds. The molecule has 0 bridgehead atoms. The third-order valence-electron chi connectivity index (χ3n) is 3.34. The fraction of sp³-hybridized carbons (Fsp3) is 0.900. The molecule has 1 fully saturated rings. The lowest BCUT2D eigenvalue weighted by Gasteiger charge is -2.15. The minimum Gasteiger partial charge on any atom is -0.177 e. The number of nitrogens with one attached hydrogen (secondary N) is 1. The molecule has 1 aromatic rings. The number of H-pyrrole nitrogens is 1.